The van der Waals surface area contributed by atoms with Crippen LogP contribution in [0.4, 0.5) is 0 Å². The van der Waals surface area contributed by atoms with Crippen molar-refractivity contribution < 1.29 is 0 Å². The van der Waals surface area contributed by atoms with Gasteiger partial charge in [-0.3, -0.25) is 11.0 Å². The summed E-state index contributed by atoms with van der Waals surface area (Å²) in [6.45, 7) is 3.46. The lowest BCUT2D eigenvalue weighted by Crippen LogP contribution is -1.99. The topological polar surface area (TPSA) is 52.0 Å². The minimum Gasteiger partial charge on any atom is -0.298 e. The predicted molar refractivity (Wildman–Crippen MR) is 30.4 cm³/mol. The van der Waals surface area contributed by atoms with Gasteiger partial charge >= 0.3 is 0 Å². The molecule has 0 atom stereocenters. The number of hydrogen-bond donors (Lipinski definition) is 2. The van der Waals surface area contributed by atoms with E-state index in [9.17, 15) is 0 Å². The fourth-order valence-corrected chi connectivity index (χ4v) is 0.447. The molecule has 0 aromatic heterocycles. The number of hydrogen-bond acceptors (Lipinski definition) is 2. The second-order valence-corrected chi connectivity index (χ2v) is 2.38. The van der Waals surface area contributed by atoms with Gasteiger partial charge in [-0.15, -0.1) is 6.58 Å². The van der Waals surface area contributed by atoms with Gasteiger partial charge in [0.15, 0.2) is 0 Å². The molecule has 0 saturated carbocycles. The van der Waals surface area contributed by atoms with Crippen LogP contribution in [0, 0.1) is 0 Å². The molecule has 0 amide bonds. The van der Waals surface area contributed by atoms with E-state index in [1.807, 2.05) is 0 Å². The average Bonchev–Trinajstić information content (AvgIpc) is 1.35. The Labute approximate surface area is 39.1 Å². The molecule has 0 aliphatic carbocycles. The third kappa shape index (κ3) is 4.09. The Morgan fingerprint density at radius 3 is 2.17 bits per heavy atom. The first kappa shape index (κ1) is 6.09. The van der Waals surface area contributed by atoms with Crippen LogP contribution in [0.1, 0.15) is 0 Å². The summed E-state index contributed by atoms with van der Waals surface area (Å²) < 4.78 is 0. The monoisotopic (exact) mass is 104 g/mol. The van der Waals surface area contributed by atoms with Crippen LogP contribution in [0.25, 0.3) is 0 Å². The summed E-state index contributed by atoms with van der Waals surface area (Å²) in [5.74, 6) is 0. The summed E-state index contributed by atoms with van der Waals surface area (Å²) in [7, 11) is -0.719. The SMILES string of the molecule is C=CCP(N)N. The molecule has 0 aromatic rings. The van der Waals surface area contributed by atoms with Crippen molar-refractivity contribution in [3.05, 3.63) is 12.7 Å². The molecule has 0 bridgehead atoms. The normalized spacial score (nSPS) is 9.17. The molecule has 0 radical (unpaired) electrons. The highest BCUT2D eigenvalue weighted by atomic mass is 31.1. The summed E-state index contributed by atoms with van der Waals surface area (Å²) >= 11 is 0. The third-order valence-electron chi connectivity index (χ3n) is 0.340. The van der Waals surface area contributed by atoms with Gasteiger partial charge in [0.25, 0.3) is 0 Å². The van der Waals surface area contributed by atoms with E-state index < -0.39 is 8.22 Å². The molecule has 0 aliphatic rings. The van der Waals surface area contributed by atoms with Crippen molar-refractivity contribution in [2.24, 2.45) is 11.0 Å². The standard InChI is InChI=1S/C3H9N2P/c1-2-3-6(4)5/h2H,1,3-5H2. The first-order chi connectivity index (χ1) is 2.77. The lowest BCUT2D eigenvalue weighted by Gasteiger charge is -1.94. The Morgan fingerprint density at radius 1 is 1.67 bits per heavy atom. The average molecular weight is 104 g/mol. The Bertz CT molecular complexity index is 44.1. The first-order valence-corrected chi connectivity index (χ1v) is 3.31. The van der Waals surface area contributed by atoms with Gasteiger partial charge in [-0.1, -0.05) is 6.08 Å². The zero-order valence-electron chi connectivity index (χ0n) is 3.59. The van der Waals surface area contributed by atoms with Crippen molar-refractivity contribution in [1.29, 1.82) is 0 Å². The van der Waals surface area contributed by atoms with Gasteiger partial charge in [0.05, 0.1) is 0 Å². The van der Waals surface area contributed by atoms with Crippen LogP contribution < -0.4 is 11.0 Å². The highest BCUT2D eigenvalue weighted by Gasteiger charge is 1.82. The summed E-state index contributed by atoms with van der Waals surface area (Å²) in [6.07, 6.45) is 2.49. The molecule has 3 heteroatoms. The van der Waals surface area contributed by atoms with Crippen molar-refractivity contribution in [2.75, 3.05) is 6.16 Å². The molecule has 0 rings (SSSR count). The van der Waals surface area contributed by atoms with Gasteiger partial charge < -0.3 is 0 Å². The van der Waals surface area contributed by atoms with E-state index >= 15 is 0 Å². The van der Waals surface area contributed by atoms with Crippen molar-refractivity contribution in [1.82, 2.24) is 0 Å². The molecule has 2 nitrogen and oxygen atoms in total. The number of nitrogens with two attached hydrogens (primary N) is 2. The predicted octanol–water partition coefficient (Wildman–Crippen LogP) is 0.402. The van der Waals surface area contributed by atoms with Crippen LogP contribution in [0.15, 0.2) is 12.7 Å². The van der Waals surface area contributed by atoms with Crippen molar-refractivity contribution in [3.8, 4) is 0 Å². The molecular weight excluding hydrogens is 95.0 g/mol. The van der Waals surface area contributed by atoms with Crippen molar-refractivity contribution in [3.63, 3.8) is 0 Å². The number of allylic oxidation sites excluding steroid dienone is 1. The van der Waals surface area contributed by atoms with Gasteiger partial charge in [0.2, 0.25) is 0 Å². The summed E-state index contributed by atoms with van der Waals surface area (Å²) in [5, 5.41) is 0. The number of rotatable bonds is 2. The van der Waals surface area contributed by atoms with Crippen LogP contribution in [-0.4, -0.2) is 6.16 Å². The maximum absolute atomic E-state index is 5.17. The van der Waals surface area contributed by atoms with Crippen LogP contribution >= 0.6 is 8.22 Å². The van der Waals surface area contributed by atoms with E-state index in [4.69, 9.17) is 11.0 Å². The van der Waals surface area contributed by atoms with Crippen LogP contribution in [0.2, 0.25) is 0 Å². The summed E-state index contributed by atoms with van der Waals surface area (Å²) in [6, 6.07) is 0. The minimum absolute atomic E-state index is 0.719. The molecule has 0 saturated heterocycles. The Balaban J connectivity index is 2.81. The highest BCUT2D eigenvalue weighted by Crippen LogP contribution is 2.09. The van der Waals surface area contributed by atoms with E-state index in [-0.39, 0.29) is 0 Å². The van der Waals surface area contributed by atoms with E-state index in [0.29, 0.717) is 0 Å². The third-order valence-corrected chi connectivity index (χ3v) is 1.02. The van der Waals surface area contributed by atoms with E-state index in [1.165, 1.54) is 0 Å². The lowest BCUT2D eigenvalue weighted by molar-refractivity contribution is 1.64. The minimum atomic E-state index is -0.719. The van der Waals surface area contributed by atoms with E-state index in [1.54, 1.807) is 6.08 Å². The quantitative estimate of drug-likeness (QED) is 0.393. The fraction of sp³-hybridized carbons (Fsp3) is 0.333. The maximum Gasteiger partial charge on any atom is 0.0321 e. The molecule has 0 unspecified atom stereocenters. The van der Waals surface area contributed by atoms with Gasteiger partial charge in [-0.2, -0.15) is 0 Å². The van der Waals surface area contributed by atoms with Gasteiger partial charge in [-0.05, 0) is 0 Å². The van der Waals surface area contributed by atoms with Crippen LogP contribution in [0.3, 0.4) is 0 Å². The second-order valence-electron chi connectivity index (χ2n) is 0.985. The lowest BCUT2D eigenvalue weighted by atomic mass is 10.8. The highest BCUT2D eigenvalue weighted by molar-refractivity contribution is 7.52. The van der Waals surface area contributed by atoms with E-state index in [0.717, 1.165) is 6.16 Å². The Morgan fingerprint density at radius 2 is 2.17 bits per heavy atom. The Hall–Kier alpha value is 0.0900. The molecule has 0 aliphatic heterocycles. The maximum atomic E-state index is 5.17. The molecule has 6 heavy (non-hydrogen) atoms. The van der Waals surface area contributed by atoms with Gasteiger partial charge in [0, 0.05) is 14.4 Å². The zero-order valence-corrected chi connectivity index (χ0v) is 4.49. The molecular formula is C3H9N2P. The van der Waals surface area contributed by atoms with Crippen molar-refractivity contribution >= 4 is 8.22 Å². The molecule has 4 N–H and O–H groups in total. The molecule has 0 aromatic carbocycles. The van der Waals surface area contributed by atoms with Gasteiger partial charge in [0.1, 0.15) is 0 Å². The molecule has 0 fully saturated rings. The largest absolute Gasteiger partial charge is 0.298 e. The van der Waals surface area contributed by atoms with Crippen LogP contribution in [0.5, 0.6) is 0 Å². The zero-order chi connectivity index (χ0) is 4.99. The molecule has 36 valence electrons. The first-order valence-electron chi connectivity index (χ1n) is 1.65. The smallest absolute Gasteiger partial charge is 0.0321 e. The van der Waals surface area contributed by atoms with Crippen molar-refractivity contribution in [2.45, 2.75) is 0 Å². The molecule has 0 spiro atoms. The van der Waals surface area contributed by atoms with E-state index in [2.05, 4.69) is 6.58 Å². The Kier molecular flexibility index (Phi) is 3.34. The second kappa shape index (κ2) is 3.29. The molecule has 0 heterocycles. The summed E-state index contributed by atoms with van der Waals surface area (Å²) in [5.41, 5.74) is 10.3. The fourth-order valence-electron chi connectivity index (χ4n) is 0.149. The van der Waals surface area contributed by atoms with Crippen LogP contribution in [-0.2, 0) is 0 Å². The van der Waals surface area contributed by atoms with Gasteiger partial charge in [-0.25, -0.2) is 0 Å². The summed E-state index contributed by atoms with van der Waals surface area (Å²) in [4.78, 5) is 0.